The van der Waals surface area contributed by atoms with Gasteiger partial charge in [-0.15, -0.1) is 11.3 Å². The molecule has 0 radical (unpaired) electrons. The Labute approximate surface area is 125 Å². The monoisotopic (exact) mass is 312 g/mol. The minimum absolute atomic E-state index is 0.297. The van der Waals surface area contributed by atoms with Crippen LogP contribution >= 0.6 is 23.1 Å². The summed E-state index contributed by atoms with van der Waals surface area (Å²) in [4.78, 5) is 16.0. The van der Waals surface area contributed by atoms with Crippen LogP contribution in [-0.4, -0.2) is 32.7 Å². The molecule has 0 spiro atoms. The highest BCUT2D eigenvalue weighted by atomic mass is 32.2. The highest BCUT2D eigenvalue weighted by molar-refractivity contribution is 7.99. The van der Waals surface area contributed by atoms with Gasteiger partial charge in [0.05, 0.1) is 10.8 Å². The Morgan fingerprint density at radius 2 is 2.45 bits per heavy atom. The third-order valence-corrected chi connectivity index (χ3v) is 4.86. The summed E-state index contributed by atoms with van der Waals surface area (Å²) in [6.07, 6.45) is 1.63. The van der Waals surface area contributed by atoms with E-state index < -0.39 is 5.97 Å². The van der Waals surface area contributed by atoms with Crippen LogP contribution in [-0.2, 0) is 11.2 Å². The number of carbonyl (C=O) groups is 1. The molecule has 0 bridgehead atoms. The van der Waals surface area contributed by atoms with E-state index in [1.54, 1.807) is 30.0 Å². The fourth-order valence-electron chi connectivity index (χ4n) is 1.52. The second kappa shape index (κ2) is 7.44. The van der Waals surface area contributed by atoms with Crippen molar-refractivity contribution in [3.8, 4) is 10.7 Å². The van der Waals surface area contributed by atoms with E-state index in [0.29, 0.717) is 17.5 Å². The number of thiophene rings is 1. The third kappa shape index (κ3) is 4.35. The number of hydrogen-bond acceptors (Lipinski definition) is 6. The predicted octanol–water partition coefficient (Wildman–Crippen LogP) is 3.18. The first-order chi connectivity index (χ1) is 9.66. The van der Waals surface area contributed by atoms with Crippen molar-refractivity contribution in [1.82, 2.24) is 10.1 Å². The zero-order valence-electron chi connectivity index (χ0n) is 11.1. The summed E-state index contributed by atoms with van der Waals surface area (Å²) in [5.74, 6) is 1.78. The number of carboxylic acids is 1. The van der Waals surface area contributed by atoms with Gasteiger partial charge >= 0.3 is 5.97 Å². The Morgan fingerprint density at radius 3 is 3.15 bits per heavy atom. The van der Waals surface area contributed by atoms with Gasteiger partial charge in [-0.1, -0.05) is 18.1 Å². The van der Waals surface area contributed by atoms with Crippen LogP contribution in [0.15, 0.2) is 22.0 Å². The lowest BCUT2D eigenvalue weighted by Gasteiger charge is -2.04. The number of aryl methyl sites for hydroxylation is 1. The lowest BCUT2D eigenvalue weighted by molar-refractivity contribution is -0.140. The van der Waals surface area contributed by atoms with Crippen LogP contribution in [0.1, 0.15) is 19.2 Å². The molecular formula is C13H16N2O3S2. The summed E-state index contributed by atoms with van der Waals surface area (Å²) in [6, 6.07) is 3.92. The molecule has 108 valence electrons. The summed E-state index contributed by atoms with van der Waals surface area (Å²) < 4.78 is 5.20. The lowest BCUT2D eigenvalue weighted by atomic mass is 10.2. The van der Waals surface area contributed by atoms with Crippen LogP contribution in [0.25, 0.3) is 10.7 Å². The van der Waals surface area contributed by atoms with Crippen LogP contribution in [0.3, 0.4) is 0 Å². The van der Waals surface area contributed by atoms with Gasteiger partial charge in [0, 0.05) is 12.2 Å². The molecule has 0 aliphatic carbocycles. The third-order valence-electron chi connectivity index (χ3n) is 2.68. The molecule has 20 heavy (non-hydrogen) atoms. The summed E-state index contributed by atoms with van der Waals surface area (Å²) in [5.41, 5.74) is 0. The van der Waals surface area contributed by atoms with Gasteiger partial charge in [-0.25, -0.2) is 0 Å². The number of aliphatic carboxylic acids is 1. The van der Waals surface area contributed by atoms with E-state index in [9.17, 15) is 4.79 Å². The maximum atomic E-state index is 10.7. The van der Waals surface area contributed by atoms with Crippen LogP contribution < -0.4 is 0 Å². The van der Waals surface area contributed by atoms with Crippen LogP contribution in [0.2, 0.25) is 0 Å². The quantitative estimate of drug-likeness (QED) is 0.754. The molecule has 2 rings (SSSR count). The second-order valence-corrected chi connectivity index (χ2v) is 6.50. The Hall–Kier alpha value is -1.34. The van der Waals surface area contributed by atoms with E-state index in [-0.39, 0.29) is 5.92 Å². The van der Waals surface area contributed by atoms with Crippen LogP contribution in [0, 0.1) is 5.92 Å². The zero-order chi connectivity index (χ0) is 14.4. The van der Waals surface area contributed by atoms with Gasteiger partial charge in [0.25, 0.3) is 0 Å². The number of thioether (sulfide) groups is 1. The molecule has 2 aromatic rings. The van der Waals surface area contributed by atoms with Gasteiger partial charge in [0.15, 0.2) is 0 Å². The molecule has 2 heterocycles. The van der Waals surface area contributed by atoms with Crippen molar-refractivity contribution < 1.29 is 14.4 Å². The molecule has 0 fully saturated rings. The number of aromatic nitrogens is 2. The van der Waals surface area contributed by atoms with E-state index in [1.807, 2.05) is 17.5 Å². The largest absolute Gasteiger partial charge is 0.481 e. The van der Waals surface area contributed by atoms with Crippen molar-refractivity contribution in [2.45, 2.75) is 19.8 Å². The molecule has 1 unspecified atom stereocenters. The number of nitrogens with zero attached hydrogens (tertiary/aromatic N) is 2. The molecule has 0 aliphatic rings. The molecule has 7 heteroatoms. The predicted molar refractivity (Wildman–Crippen MR) is 80.1 cm³/mol. The smallest absolute Gasteiger partial charge is 0.307 e. The summed E-state index contributed by atoms with van der Waals surface area (Å²) in [6.45, 7) is 1.72. The van der Waals surface area contributed by atoms with Crippen LogP contribution in [0.4, 0.5) is 0 Å². The average molecular weight is 312 g/mol. The van der Waals surface area contributed by atoms with Gasteiger partial charge in [0.1, 0.15) is 0 Å². The minimum Gasteiger partial charge on any atom is -0.481 e. The highest BCUT2D eigenvalue weighted by Gasteiger charge is 2.11. The van der Waals surface area contributed by atoms with Gasteiger partial charge in [0.2, 0.25) is 11.7 Å². The molecular weight excluding hydrogens is 296 g/mol. The topological polar surface area (TPSA) is 76.2 Å². The van der Waals surface area contributed by atoms with E-state index >= 15 is 0 Å². The summed E-state index contributed by atoms with van der Waals surface area (Å²) in [7, 11) is 0. The number of hydrogen-bond donors (Lipinski definition) is 1. The van der Waals surface area contributed by atoms with Crippen molar-refractivity contribution >= 4 is 29.1 Å². The summed E-state index contributed by atoms with van der Waals surface area (Å²) >= 11 is 3.23. The summed E-state index contributed by atoms with van der Waals surface area (Å²) in [5, 5.41) is 14.7. The Morgan fingerprint density at radius 1 is 1.60 bits per heavy atom. The zero-order valence-corrected chi connectivity index (χ0v) is 12.7. The molecule has 0 aliphatic heterocycles. The minimum atomic E-state index is -0.741. The molecule has 1 atom stereocenters. The number of rotatable bonds is 8. The average Bonchev–Trinajstić information content (AvgIpc) is 3.08. The first-order valence-corrected chi connectivity index (χ1v) is 8.37. The first-order valence-electron chi connectivity index (χ1n) is 6.34. The first kappa shape index (κ1) is 15.1. The van der Waals surface area contributed by atoms with E-state index in [4.69, 9.17) is 9.63 Å². The number of carboxylic acid groups (broad SMARTS) is 1. The molecule has 5 nitrogen and oxygen atoms in total. The molecule has 1 N–H and O–H groups in total. The molecule has 0 saturated heterocycles. The highest BCUT2D eigenvalue weighted by Crippen LogP contribution is 2.21. The lowest BCUT2D eigenvalue weighted by Crippen LogP contribution is -2.12. The Balaban J connectivity index is 1.69. The van der Waals surface area contributed by atoms with Gasteiger partial charge in [-0.05, 0) is 23.6 Å². The van der Waals surface area contributed by atoms with E-state index in [2.05, 4.69) is 10.1 Å². The van der Waals surface area contributed by atoms with Crippen molar-refractivity contribution in [2.24, 2.45) is 5.92 Å². The van der Waals surface area contributed by atoms with Crippen molar-refractivity contribution in [3.63, 3.8) is 0 Å². The molecule has 0 aromatic carbocycles. The molecule has 0 saturated carbocycles. The van der Waals surface area contributed by atoms with Crippen LogP contribution in [0.5, 0.6) is 0 Å². The fraction of sp³-hybridized carbons (Fsp3) is 0.462. The Bertz CT molecular complexity index is 540. The second-order valence-electron chi connectivity index (χ2n) is 4.41. The SMILES string of the molecule is CC(CSCCCc1nc(-c2cccs2)no1)C(=O)O. The van der Waals surface area contributed by atoms with Crippen molar-refractivity contribution in [1.29, 1.82) is 0 Å². The van der Waals surface area contributed by atoms with E-state index in [1.165, 1.54) is 0 Å². The normalized spacial score (nSPS) is 12.4. The fourth-order valence-corrected chi connectivity index (χ4v) is 3.18. The van der Waals surface area contributed by atoms with Gasteiger partial charge in [-0.2, -0.15) is 16.7 Å². The molecule has 0 amide bonds. The van der Waals surface area contributed by atoms with Gasteiger partial charge in [-0.3, -0.25) is 4.79 Å². The van der Waals surface area contributed by atoms with E-state index in [0.717, 1.165) is 23.5 Å². The molecule has 2 aromatic heterocycles. The van der Waals surface area contributed by atoms with Gasteiger partial charge < -0.3 is 9.63 Å². The Kier molecular flexibility index (Phi) is 5.60. The van der Waals surface area contributed by atoms with Crippen molar-refractivity contribution in [2.75, 3.05) is 11.5 Å². The maximum Gasteiger partial charge on any atom is 0.307 e. The maximum absolute atomic E-state index is 10.7. The standard InChI is InChI=1S/C13H16N2O3S2/c1-9(13(16)17)8-19-6-3-5-11-14-12(15-18-11)10-4-2-7-20-10/h2,4,7,9H,3,5-6,8H2,1H3,(H,16,17). The van der Waals surface area contributed by atoms with Crippen molar-refractivity contribution in [3.05, 3.63) is 23.4 Å².